The van der Waals surface area contributed by atoms with Gasteiger partial charge in [0.2, 0.25) is 0 Å². The first-order valence-electron chi connectivity index (χ1n) is 20.6. The summed E-state index contributed by atoms with van der Waals surface area (Å²) in [5.41, 5.74) is 7.74. The molecule has 8 aromatic rings. The number of hydrogen-bond acceptors (Lipinski definition) is 4. The van der Waals surface area contributed by atoms with Gasteiger partial charge in [-0.2, -0.15) is 0 Å². The zero-order valence-electron chi connectivity index (χ0n) is 33.5. The van der Waals surface area contributed by atoms with E-state index in [1.165, 1.54) is 90.0 Å². The summed E-state index contributed by atoms with van der Waals surface area (Å²) in [6.07, 6.45) is 0. The van der Waals surface area contributed by atoms with Crippen molar-refractivity contribution >= 4 is 123 Å². The molecule has 4 aliphatic heterocycles. The van der Waals surface area contributed by atoms with Crippen LogP contribution < -0.4 is 51.3 Å². The highest BCUT2D eigenvalue weighted by molar-refractivity contribution is 8.01. The molecule has 0 saturated carbocycles. The number of benzene rings is 8. The second kappa shape index (κ2) is 12.9. The van der Waals surface area contributed by atoms with Crippen molar-refractivity contribution in [3.63, 3.8) is 0 Å². The van der Waals surface area contributed by atoms with Gasteiger partial charge in [0.1, 0.15) is 16.1 Å². The summed E-state index contributed by atoms with van der Waals surface area (Å²) in [6, 6.07) is 70.1. The zero-order valence-corrected chi connectivity index (χ0v) is 38.2. The molecule has 0 atom stereocenters. The number of anilines is 6. The van der Waals surface area contributed by atoms with Gasteiger partial charge in [0, 0.05) is 53.7 Å². The minimum atomic E-state index is -2.80. The van der Waals surface area contributed by atoms with E-state index in [1.54, 1.807) is 5.19 Å². The Hall–Kier alpha value is -5.29. The molecule has 0 aliphatic carbocycles. The van der Waals surface area contributed by atoms with Crippen molar-refractivity contribution in [1.82, 2.24) is 0 Å². The van der Waals surface area contributed by atoms with Crippen LogP contribution in [0, 0.1) is 0 Å². The highest BCUT2D eigenvalue weighted by atomic mass is 32.2. The Kier molecular flexibility index (Phi) is 7.76. The normalized spacial score (nSPS) is 16.7. The first-order valence-corrected chi connectivity index (χ1v) is 30.2. The number of hydrogen-bond donors (Lipinski definition) is 0. The third-order valence-corrected chi connectivity index (χ3v) is 28.6. The van der Waals surface area contributed by atoms with Crippen molar-refractivity contribution < 1.29 is 0 Å². The molecule has 4 heterocycles. The Morgan fingerprint density at radius 3 is 1.12 bits per heavy atom. The second-order valence-electron chi connectivity index (χ2n) is 17.3. The zero-order chi connectivity index (χ0) is 39.7. The summed E-state index contributed by atoms with van der Waals surface area (Å²) in [6.45, 7) is 10.0. The highest BCUT2D eigenvalue weighted by Crippen LogP contribution is 2.46. The van der Waals surface area contributed by atoms with E-state index in [2.05, 4.69) is 218 Å². The van der Waals surface area contributed by atoms with Gasteiger partial charge >= 0.3 is 0 Å². The topological polar surface area (TPSA) is 6.48 Å². The molecule has 0 spiro atoms. The average Bonchev–Trinajstić information content (AvgIpc) is 3.27. The summed E-state index contributed by atoms with van der Waals surface area (Å²) in [4.78, 5) is 10.6. The molecule has 0 unspecified atom stereocenters. The molecule has 0 N–H and O–H groups in total. The van der Waals surface area contributed by atoms with Crippen LogP contribution in [0.3, 0.4) is 0 Å². The van der Waals surface area contributed by atoms with E-state index in [0.717, 1.165) is 0 Å². The summed E-state index contributed by atoms with van der Waals surface area (Å²) in [5, 5.41) is 11.9. The summed E-state index contributed by atoms with van der Waals surface area (Å²) < 4.78 is 0. The van der Waals surface area contributed by atoms with Gasteiger partial charge in [-0.3, -0.25) is 0 Å². The first-order chi connectivity index (χ1) is 28.8. The van der Waals surface area contributed by atoms with Crippen molar-refractivity contribution in [3.05, 3.63) is 182 Å². The summed E-state index contributed by atoms with van der Waals surface area (Å²) >= 11 is 3.93. The number of para-hydroxylation sites is 4. The van der Waals surface area contributed by atoms with Crippen LogP contribution in [0.15, 0.2) is 202 Å². The van der Waals surface area contributed by atoms with Crippen LogP contribution in [0.2, 0.25) is 26.2 Å². The van der Waals surface area contributed by atoms with Gasteiger partial charge in [-0.1, -0.05) is 171 Å². The molecule has 0 aromatic heterocycles. The molecule has 7 heteroatoms. The van der Waals surface area contributed by atoms with Crippen molar-refractivity contribution in [2.24, 2.45) is 0 Å². The molecule has 0 bridgehead atoms. The lowest BCUT2D eigenvalue weighted by Gasteiger charge is -2.45. The van der Waals surface area contributed by atoms with Crippen LogP contribution in [0.4, 0.5) is 34.1 Å². The van der Waals surface area contributed by atoms with E-state index in [9.17, 15) is 0 Å². The Morgan fingerprint density at radius 2 is 0.712 bits per heavy atom. The minimum absolute atomic E-state index is 1.23. The fourth-order valence-electron chi connectivity index (χ4n) is 10.8. The maximum absolute atomic E-state index is 2.80. The second-order valence-corrected chi connectivity index (χ2v) is 31.8. The van der Waals surface area contributed by atoms with E-state index >= 15 is 0 Å². The monoisotopic (exact) mass is 842 g/mol. The standard InChI is InChI=1S/C52H42N2S2Si3/c1-57(2)46-25-12-8-19-38(46)53(39-20-9-13-26-47(39)57)35-29-31-50-44(33-35)55-42-23-16-24-43-52(42)59(50,37-17-6-5-7-18-37)51-32-30-36(34-45(51)56-43)54-40-21-10-14-27-48(40)58(3,4)49-28-15-11-22-41(49)54/h5-34H,1-4H3. The SMILES string of the molecule is C[Si]1(C)c2ccccc2N(c2ccc3c(c2)Sc2cccc4c2[Si]3(c2ccccc2)c2ccc(N3c5ccccc5[Si](C)(C)c5ccccc53)cc2S4)c2ccccc21. The van der Waals surface area contributed by atoms with Crippen LogP contribution in [0.1, 0.15) is 0 Å². The van der Waals surface area contributed by atoms with Gasteiger partial charge in [-0.05, 0) is 102 Å². The number of fused-ring (bicyclic) bond motifs is 8. The summed E-state index contributed by atoms with van der Waals surface area (Å²) in [7, 11) is -6.60. The van der Waals surface area contributed by atoms with Crippen LogP contribution in [0.25, 0.3) is 0 Å². The van der Waals surface area contributed by atoms with Gasteiger partial charge in [0.05, 0.1) is 0 Å². The van der Waals surface area contributed by atoms with Crippen LogP contribution in [0.5, 0.6) is 0 Å². The van der Waals surface area contributed by atoms with Crippen LogP contribution >= 0.6 is 23.5 Å². The number of nitrogens with zero attached hydrogens (tertiary/aromatic N) is 2. The average molecular weight is 843 g/mol. The van der Waals surface area contributed by atoms with E-state index in [-0.39, 0.29) is 0 Å². The Labute approximate surface area is 358 Å². The maximum Gasteiger partial charge on any atom is 0.184 e. The molecule has 8 aromatic carbocycles. The van der Waals surface area contributed by atoms with E-state index in [0.29, 0.717) is 0 Å². The molecule has 0 amide bonds. The smallest absolute Gasteiger partial charge is 0.184 e. The van der Waals surface area contributed by atoms with E-state index < -0.39 is 24.2 Å². The predicted octanol–water partition coefficient (Wildman–Crippen LogP) is 9.20. The lowest BCUT2D eigenvalue weighted by Crippen LogP contribution is -2.78. The van der Waals surface area contributed by atoms with Gasteiger partial charge in [0.15, 0.2) is 8.07 Å². The van der Waals surface area contributed by atoms with Crippen LogP contribution in [-0.2, 0) is 0 Å². The molecule has 4 aliphatic rings. The van der Waals surface area contributed by atoms with E-state index in [1.807, 2.05) is 23.5 Å². The predicted molar refractivity (Wildman–Crippen MR) is 261 cm³/mol. The fraction of sp³-hybridized carbons (Fsp3) is 0.0769. The first kappa shape index (κ1) is 35.6. The molecule has 2 nitrogen and oxygen atoms in total. The lowest BCUT2D eigenvalue weighted by molar-refractivity contribution is 1.25. The largest absolute Gasteiger partial charge is 0.311 e. The number of rotatable bonds is 3. The fourth-order valence-corrected chi connectivity index (χ4v) is 26.1. The van der Waals surface area contributed by atoms with Gasteiger partial charge < -0.3 is 9.80 Å². The molecular formula is C52H42N2S2Si3. The van der Waals surface area contributed by atoms with Crippen molar-refractivity contribution in [3.8, 4) is 0 Å². The quantitative estimate of drug-likeness (QED) is 0.164. The Morgan fingerprint density at radius 1 is 0.339 bits per heavy atom. The molecule has 0 saturated heterocycles. The molecule has 12 rings (SSSR count). The highest BCUT2D eigenvalue weighted by Gasteiger charge is 2.52. The molecule has 0 fully saturated rings. The van der Waals surface area contributed by atoms with Crippen LogP contribution in [-0.4, -0.2) is 24.2 Å². The minimum Gasteiger partial charge on any atom is -0.311 e. The Bertz CT molecular complexity index is 2770. The van der Waals surface area contributed by atoms with Crippen molar-refractivity contribution in [2.75, 3.05) is 9.80 Å². The molecule has 0 radical (unpaired) electrons. The van der Waals surface area contributed by atoms with E-state index in [4.69, 9.17) is 0 Å². The third kappa shape index (κ3) is 4.88. The molecule has 59 heavy (non-hydrogen) atoms. The molecular weight excluding hydrogens is 801 g/mol. The summed E-state index contributed by atoms with van der Waals surface area (Å²) in [5.74, 6) is 0. The van der Waals surface area contributed by atoms with Gasteiger partial charge in [0.25, 0.3) is 0 Å². The van der Waals surface area contributed by atoms with Crippen molar-refractivity contribution in [1.29, 1.82) is 0 Å². The Balaban J connectivity index is 1.09. The lowest BCUT2D eigenvalue weighted by atomic mass is 10.1. The maximum atomic E-state index is 2.54. The van der Waals surface area contributed by atoms with Gasteiger partial charge in [-0.15, -0.1) is 0 Å². The van der Waals surface area contributed by atoms with Gasteiger partial charge in [-0.25, -0.2) is 0 Å². The third-order valence-electron chi connectivity index (χ3n) is 13.5. The molecule has 284 valence electrons. The van der Waals surface area contributed by atoms with Crippen molar-refractivity contribution in [2.45, 2.75) is 45.8 Å².